The van der Waals surface area contributed by atoms with Crippen molar-refractivity contribution in [3.63, 3.8) is 0 Å². The molecule has 1 saturated heterocycles. The summed E-state index contributed by atoms with van der Waals surface area (Å²) >= 11 is 7.41. The third kappa shape index (κ3) is 6.14. The molecule has 0 unspecified atom stereocenters. The van der Waals surface area contributed by atoms with Gasteiger partial charge in [0, 0.05) is 13.2 Å². The maximum atomic E-state index is 13.1. The van der Waals surface area contributed by atoms with Crippen molar-refractivity contribution >= 4 is 29.5 Å². The molecule has 176 valence electrons. The smallest absolute Gasteiger partial charge is 0.234 e. The maximum Gasteiger partial charge on any atom is 0.234 e. The van der Waals surface area contributed by atoms with Crippen molar-refractivity contribution < 1.29 is 13.9 Å². The van der Waals surface area contributed by atoms with Crippen LogP contribution in [-0.2, 0) is 29.3 Å². The highest BCUT2D eigenvalue weighted by atomic mass is 32.1. The molecule has 0 radical (unpaired) electrons. The molecule has 33 heavy (non-hydrogen) atoms. The molecule has 1 aliphatic rings. The monoisotopic (exact) mass is 489 g/mol. The lowest BCUT2D eigenvalue weighted by molar-refractivity contribution is -0.122. The number of hydrogen-bond acceptors (Lipinski definition) is 6. The van der Waals surface area contributed by atoms with Crippen LogP contribution in [0.4, 0.5) is 4.39 Å². The van der Waals surface area contributed by atoms with Crippen molar-refractivity contribution in [2.75, 3.05) is 19.7 Å². The molecule has 0 saturated carbocycles. The van der Waals surface area contributed by atoms with Crippen LogP contribution in [0, 0.1) is 10.6 Å². The number of halogens is 1. The van der Waals surface area contributed by atoms with Crippen LogP contribution in [0.15, 0.2) is 41.8 Å². The minimum absolute atomic E-state index is 0.107. The molecular formula is C23H28FN5O2S2. The van der Waals surface area contributed by atoms with Crippen molar-refractivity contribution in [3.8, 4) is 10.7 Å². The summed E-state index contributed by atoms with van der Waals surface area (Å²) in [6, 6.07) is 10.2. The number of carbonyl (C=O) groups is 1. The molecule has 7 nitrogen and oxygen atoms in total. The molecular weight excluding hydrogens is 461 g/mol. The zero-order chi connectivity index (χ0) is 23.2. The van der Waals surface area contributed by atoms with Gasteiger partial charge < -0.3 is 10.1 Å². The Balaban J connectivity index is 1.44. The minimum Gasteiger partial charge on any atom is -0.376 e. The Hall–Kier alpha value is -2.40. The highest BCUT2D eigenvalue weighted by molar-refractivity contribution is 7.71. The largest absolute Gasteiger partial charge is 0.376 e. The van der Waals surface area contributed by atoms with E-state index in [1.807, 2.05) is 29.3 Å². The van der Waals surface area contributed by atoms with Gasteiger partial charge in [-0.05, 0) is 60.7 Å². The van der Waals surface area contributed by atoms with E-state index >= 15 is 0 Å². The van der Waals surface area contributed by atoms with E-state index in [0.717, 1.165) is 35.7 Å². The number of likely N-dealkylation sites (N-methyl/N-ethyl adjacent to an activating group) is 1. The van der Waals surface area contributed by atoms with E-state index < -0.39 is 0 Å². The van der Waals surface area contributed by atoms with Crippen LogP contribution >= 0.6 is 23.6 Å². The number of nitrogens with zero attached hydrogens (tertiary/aromatic N) is 4. The van der Waals surface area contributed by atoms with Gasteiger partial charge in [0.2, 0.25) is 5.91 Å². The molecule has 0 aliphatic carbocycles. The van der Waals surface area contributed by atoms with Gasteiger partial charge >= 0.3 is 0 Å². The average molecular weight is 490 g/mol. The lowest BCUT2D eigenvalue weighted by atomic mass is 10.2. The number of carbonyl (C=O) groups excluding carboxylic acids is 1. The SMILES string of the molecule is CCN(CC(=O)NCc1ccc(F)cc1)Cn1nc(-c2cccs2)n(C[C@@H]2CCCO2)c1=S. The molecule has 1 fully saturated rings. The van der Waals surface area contributed by atoms with Crippen molar-refractivity contribution in [1.29, 1.82) is 0 Å². The molecule has 1 N–H and O–H groups in total. The molecule has 3 aromatic rings. The van der Waals surface area contributed by atoms with E-state index in [-0.39, 0.29) is 24.4 Å². The Morgan fingerprint density at radius 3 is 2.85 bits per heavy atom. The second kappa shape index (κ2) is 11.1. The van der Waals surface area contributed by atoms with Crippen LogP contribution in [0.2, 0.25) is 0 Å². The van der Waals surface area contributed by atoms with Gasteiger partial charge in [0.1, 0.15) is 5.82 Å². The van der Waals surface area contributed by atoms with Gasteiger partial charge in [-0.1, -0.05) is 25.1 Å². The van der Waals surface area contributed by atoms with Crippen LogP contribution < -0.4 is 5.32 Å². The highest BCUT2D eigenvalue weighted by Gasteiger charge is 2.22. The van der Waals surface area contributed by atoms with Crippen LogP contribution in [-0.4, -0.2) is 51.0 Å². The topological polar surface area (TPSA) is 64.3 Å². The van der Waals surface area contributed by atoms with Crippen molar-refractivity contribution in [2.45, 2.75) is 45.6 Å². The van der Waals surface area contributed by atoms with Crippen LogP contribution in [0.1, 0.15) is 25.3 Å². The van der Waals surface area contributed by atoms with Gasteiger partial charge in [-0.25, -0.2) is 9.07 Å². The summed E-state index contributed by atoms with van der Waals surface area (Å²) in [4.78, 5) is 15.6. The molecule has 1 amide bonds. The van der Waals surface area contributed by atoms with E-state index in [4.69, 9.17) is 22.1 Å². The summed E-state index contributed by atoms with van der Waals surface area (Å²) < 4.78 is 23.4. The molecule has 4 rings (SSSR count). The summed E-state index contributed by atoms with van der Waals surface area (Å²) in [6.45, 7) is 5.11. The molecule has 0 spiro atoms. The Morgan fingerprint density at radius 2 is 2.18 bits per heavy atom. The Morgan fingerprint density at radius 1 is 1.36 bits per heavy atom. The number of thiophene rings is 1. The van der Waals surface area contributed by atoms with Crippen LogP contribution in [0.5, 0.6) is 0 Å². The zero-order valence-corrected chi connectivity index (χ0v) is 20.2. The molecule has 3 heterocycles. The van der Waals surface area contributed by atoms with E-state index in [1.54, 1.807) is 28.2 Å². The first-order chi connectivity index (χ1) is 16.0. The van der Waals surface area contributed by atoms with Gasteiger partial charge in [0.25, 0.3) is 0 Å². The average Bonchev–Trinajstić information content (AvgIpc) is 3.57. The third-order valence-electron chi connectivity index (χ3n) is 5.63. The zero-order valence-electron chi connectivity index (χ0n) is 18.6. The van der Waals surface area contributed by atoms with E-state index in [9.17, 15) is 9.18 Å². The number of rotatable bonds is 10. The van der Waals surface area contributed by atoms with Gasteiger partial charge in [0.15, 0.2) is 10.6 Å². The van der Waals surface area contributed by atoms with Crippen molar-refractivity contribution in [1.82, 2.24) is 24.6 Å². The standard InChI is InChI=1S/C23H28FN5O2S2/c1-2-27(15-21(30)25-13-17-7-9-18(24)10-8-17)16-29-23(32)28(14-19-5-3-11-31-19)22(26-29)20-6-4-12-33-20/h4,6-10,12,19H,2-3,5,11,13-16H2,1H3,(H,25,30)/t19-/m0/s1. The summed E-state index contributed by atoms with van der Waals surface area (Å²) in [7, 11) is 0. The molecule has 10 heteroatoms. The van der Waals surface area contributed by atoms with E-state index in [2.05, 4.69) is 9.88 Å². The fraction of sp³-hybridized carbons (Fsp3) is 0.435. The molecule has 1 aromatic carbocycles. The Labute approximate surface area is 201 Å². The second-order valence-corrected chi connectivity index (χ2v) is 9.33. The number of benzene rings is 1. The molecule has 2 aromatic heterocycles. The summed E-state index contributed by atoms with van der Waals surface area (Å²) in [6.07, 6.45) is 2.23. The first kappa shape index (κ1) is 23.7. The van der Waals surface area contributed by atoms with E-state index in [0.29, 0.717) is 31.1 Å². The minimum atomic E-state index is -0.292. The van der Waals surface area contributed by atoms with Crippen LogP contribution in [0.3, 0.4) is 0 Å². The predicted molar refractivity (Wildman–Crippen MR) is 129 cm³/mol. The lowest BCUT2D eigenvalue weighted by Gasteiger charge is -2.19. The first-order valence-electron chi connectivity index (χ1n) is 11.1. The normalized spacial score (nSPS) is 15.9. The number of hydrogen-bond donors (Lipinski definition) is 1. The van der Waals surface area contributed by atoms with Gasteiger partial charge in [0.05, 0.1) is 30.7 Å². The van der Waals surface area contributed by atoms with Gasteiger partial charge in [-0.2, -0.15) is 0 Å². The number of aromatic nitrogens is 3. The highest BCUT2D eigenvalue weighted by Crippen LogP contribution is 2.25. The van der Waals surface area contributed by atoms with Crippen molar-refractivity contribution in [2.24, 2.45) is 0 Å². The second-order valence-electron chi connectivity index (χ2n) is 8.02. The summed E-state index contributed by atoms with van der Waals surface area (Å²) in [5.41, 5.74) is 0.850. The molecule has 1 aliphatic heterocycles. The quantitative estimate of drug-likeness (QED) is 0.435. The number of nitrogens with one attached hydrogen (secondary N) is 1. The van der Waals surface area contributed by atoms with Crippen molar-refractivity contribution in [3.05, 3.63) is 57.9 Å². The summed E-state index contributed by atoms with van der Waals surface area (Å²) in [5, 5.41) is 9.73. The maximum absolute atomic E-state index is 13.1. The number of ether oxygens (including phenoxy) is 1. The predicted octanol–water partition coefficient (Wildman–Crippen LogP) is 4.06. The van der Waals surface area contributed by atoms with E-state index in [1.165, 1.54) is 12.1 Å². The Bertz CT molecular complexity index is 1110. The number of amides is 1. The van der Waals surface area contributed by atoms with Crippen LogP contribution in [0.25, 0.3) is 10.7 Å². The molecule has 0 bridgehead atoms. The van der Waals surface area contributed by atoms with Gasteiger partial charge in [-0.3, -0.25) is 14.3 Å². The fourth-order valence-electron chi connectivity index (χ4n) is 3.79. The third-order valence-corrected chi connectivity index (χ3v) is 6.92. The molecule has 1 atom stereocenters. The Kier molecular flexibility index (Phi) is 8.02. The van der Waals surface area contributed by atoms with Gasteiger partial charge in [-0.15, -0.1) is 16.4 Å². The first-order valence-corrected chi connectivity index (χ1v) is 12.4. The fourth-order valence-corrected chi connectivity index (χ4v) is 4.77. The summed E-state index contributed by atoms with van der Waals surface area (Å²) in [5.74, 6) is 0.437. The lowest BCUT2D eigenvalue weighted by Crippen LogP contribution is -2.38.